The second kappa shape index (κ2) is 5.95. The first-order valence-corrected chi connectivity index (χ1v) is 7.32. The zero-order chi connectivity index (χ0) is 15.5. The van der Waals surface area contributed by atoms with Gasteiger partial charge in [0.25, 0.3) is 10.0 Å². The molecule has 0 unspecified atom stereocenters. The summed E-state index contributed by atoms with van der Waals surface area (Å²) in [7, 11) is -2.35. The Balaban J connectivity index is 2.29. The van der Waals surface area contributed by atoms with Crippen molar-refractivity contribution in [3.05, 3.63) is 41.8 Å². The number of aliphatic hydroxyl groups excluding tert-OH is 1. The SMILES string of the molecule is Cn1nccc1S(=O)(=O)Nc1ccc(C#CCO)c(F)c1. The number of halogens is 1. The molecule has 2 rings (SSSR count). The van der Waals surface area contributed by atoms with Crippen molar-refractivity contribution >= 4 is 15.7 Å². The first-order chi connectivity index (χ1) is 9.94. The highest BCUT2D eigenvalue weighted by molar-refractivity contribution is 7.92. The minimum atomic E-state index is -3.84. The van der Waals surface area contributed by atoms with E-state index in [4.69, 9.17) is 5.11 Å². The molecule has 0 amide bonds. The van der Waals surface area contributed by atoms with E-state index < -0.39 is 15.8 Å². The Morgan fingerprint density at radius 1 is 1.43 bits per heavy atom. The lowest BCUT2D eigenvalue weighted by molar-refractivity contribution is 0.350. The first-order valence-electron chi connectivity index (χ1n) is 5.84. The Morgan fingerprint density at radius 2 is 2.19 bits per heavy atom. The third-order valence-corrected chi connectivity index (χ3v) is 4.03. The fourth-order valence-electron chi connectivity index (χ4n) is 1.65. The number of sulfonamides is 1. The molecule has 1 aromatic heterocycles. The van der Waals surface area contributed by atoms with Crippen LogP contribution < -0.4 is 4.72 Å². The fraction of sp³-hybridized carbons (Fsp3) is 0.154. The molecule has 110 valence electrons. The van der Waals surface area contributed by atoms with Gasteiger partial charge < -0.3 is 5.11 Å². The predicted molar refractivity (Wildman–Crippen MR) is 74.4 cm³/mol. The van der Waals surface area contributed by atoms with Crippen LogP contribution in [0, 0.1) is 17.7 Å². The number of rotatable bonds is 3. The van der Waals surface area contributed by atoms with Gasteiger partial charge in [0.05, 0.1) is 17.4 Å². The lowest BCUT2D eigenvalue weighted by Gasteiger charge is -2.08. The number of aliphatic hydroxyl groups is 1. The average molecular weight is 309 g/mol. The van der Waals surface area contributed by atoms with Crippen LogP contribution in [-0.2, 0) is 17.1 Å². The Labute approximate surface area is 121 Å². The molecule has 2 N–H and O–H groups in total. The van der Waals surface area contributed by atoms with Crippen molar-refractivity contribution in [1.29, 1.82) is 0 Å². The van der Waals surface area contributed by atoms with E-state index in [1.165, 1.54) is 36.1 Å². The van der Waals surface area contributed by atoms with Gasteiger partial charge in [-0.3, -0.25) is 9.40 Å². The maximum absolute atomic E-state index is 13.7. The molecule has 0 aliphatic heterocycles. The third kappa shape index (κ3) is 3.39. The van der Waals surface area contributed by atoms with Crippen molar-refractivity contribution in [3.8, 4) is 11.8 Å². The summed E-state index contributed by atoms with van der Waals surface area (Å²) in [5, 5.41) is 12.3. The molecule has 2 aromatic rings. The topological polar surface area (TPSA) is 84.2 Å². The Kier molecular flexibility index (Phi) is 4.26. The average Bonchev–Trinajstić information content (AvgIpc) is 2.84. The molecular formula is C13H12FN3O3S. The molecule has 0 radical (unpaired) electrons. The van der Waals surface area contributed by atoms with Crippen LogP contribution in [0.1, 0.15) is 5.56 Å². The van der Waals surface area contributed by atoms with Crippen molar-refractivity contribution < 1.29 is 17.9 Å². The number of hydrogen-bond acceptors (Lipinski definition) is 4. The van der Waals surface area contributed by atoms with Crippen LogP contribution in [-0.4, -0.2) is 29.9 Å². The highest BCUT2D eigenvalue weighted by Crippen LogP contribution is 2.18. The van der Waals surface area contributed by atoms with Crippen LogP contribution >= 0.6 is 0 Å². The highest BCUT2D eigenvalue weighted by Gasteiger charge is 2.18. The van der Waals surface area contributed by atoms with Crippen molar-refractivity contribution in [2.45, 2.75) is 5.03 Å². The first kappa shape index (κ1) is 15.0. The number of aromatic nitrogens is 2. The molecule has 0 saturated heterocycles. The molecule has 0 aliphatic carbocycles. The lowest BCUT2D eigenvalue weighted by Crippen LogP contribution is -2.16. The Morgan fingerprint density at radius 3 is 2.76 bits per heavy atom. The van der Waals surface area contributed by atoms with Crippen molar-refractivity contribution in [1.82, 2.24) is 9.78 Å². The third-order valence-electron chi connectivity index (χ3n) is 2.57. The molecule has 6 nitrogen and oxygen atoms in total. The molecule has 0 saturated carbocycles. The maximum atomic E-state index is 13.7. The maximum Gasteiger partial charge on any atom is 0.279 e. The minimum Gasteiger partial charge on any atom is -0.384 e. The molecule has 0 fully saturated rings. The Bertz CT molecular complexity index is 819. The fourth-order valence-corrected chi connectivity index (χ4v) is 2.82. The van der Waals surface area contributed by atoms with E-state index in [1.807, 2.05) is 0 Å². The van der Waals surface area contributed by atoms with Crippen molar-refractivity contribution in [2.24, 2.45) is 7.05 Å². The summed E-state index contributed by atoms with van der Waals surface area (Å²) in [5.41, 5.74) is 0.149. The van der Waals surface area contributed by atoms with Gasteiger partial charge in [-0.1, -0.05) is 11.8 Å². The molecule has 21 heavy (non-hydrogen) atoms. The number of benzene rings is 1. The zero-order valence-corrected chi connectivity index (χ0v) is 11.9. The smallest absolute Gasteiger partial charge is 0.279 e. The van der Waals surface area contributed by atoms with E-state index in [-0.39, 0.29) is 22.9 Å². The largest absolute Gasteiger partial charge is 0.384 e. The van der Waals surface area contributed by atoms with Crippen LogP contribution in [0.15, 0.2) is 35.5 Å². The molecule has 0 atom stereocenters. The summed E-state index contributed by atoms with van der Waals surface area (Å²) in [6.45, 7) is -0.381. The van der Waals surface area contributed by atoms with E-state index in [9.17, 15) is 12.8 Å². The summed E-state index contributed by atoms with van der Waals surface area (Å²) in [6.07, 6.45) is 1.35. The molecule has 0 bridgehead atoms. The van der Waals surface area contributed by atoms with Gasteiger partial charge >= 0.3 is 0 Å². The quantitative estimate of drug-likeness (QED) is 0.818. The Hall–Kier alpha value is -2.37. The molecule has 8 heteroatoms. The van der Waals surface area contributed by atoms with E-state index in [0.717, 1.165) is 6.07 Å². The number of nitrogens with one attached hydrogen (secondary N) is 1. The van der Waals surface area contributed by atoms with Crippen LogP contribution in [0.4, 0.5) is 10.1 Å². The van der Waals surface area contributed by atoms with Gasteiger partial charge in [-0.2, -0.15) is 13.5 Å². The van der Waals surface area contributed by atoms with Crippen LogP contribution in [0.2, 0.25) is 0 Å². The van der Waals surface area contributed by atoms with E-state index in [1.54, 1.807) is 0 Å². The van der Waals surface area contributed by atoms with Gasteiger partial charge in [0.2, 0.25) is 0 Å². The monoisotopic (exact) mass is 309 g/mol. The van der Waals surface area contributed by atoms with Crippen molar-refractivity contribution in [3.63, 3.8) is 0 Å². The van der Waals surface area contributed by atoms with E-state index in [2.05, 4.69) is 21.7 Å². The van der Waals surface area contributed by atoms with Gasteiger partial charge in [0.15, 0.2) is 5.03 Å². The molecule has 1 heterocycles. The summed E-state index contributed by atoms with van der Waals surface area (Å²) in [4.78, 5) is 0. The second-order valence-corrected chi connectivity index (χ2v) is 5.68. The molecular weight excluding hydrogens is 297 g/mol. The summed E-state index contributed by atoms with van der Waals surface area (Å²) >= 11 is 0. The lowest BCUT2D eigenvalue weighted by atomic mass is 10.2. The molecule has 0 aliphatic rings. The standard InChI is InChI=1S/C13H12FN3O3S/c1-17-13(6-7-15-17)21(19,20)16-11-5-4-10(3-2-8-18)12(14)9-11/h4-7,9,16,18H,8H2,1H3. The zero-order valence-electron chi connectivity index (χ0n) is 11.0. The van der Waals surface area contributed by atoms with Gasteiger partial charge in [0, 0.05) is 7.05 Å². The number of hydrogen-bond donors (Lipinski definition) is 2. The number of aryl methyl sites for hydroxylation is 1. The van der Waals surface area contributed by atoms with Gasteiger partial charge in [0.1, 0.15) is 12.4 Å². The molecule has 0 spiro atoms. The van der Waals surface area contributed by atoms with Gasteiger partial charge in [-0.15, -0.1) is 0 Å². The van der Waals surface area contributed by atoms with Crippen molar-refractivity contribution in [2.75, 3.05) is 11.3 Å². The van der Waals surface area contributed by atoms with Crippen LogP contribution in [0.25, 0.3) is 0 Å². The van der Waals surface area contributed by atoms with E-state index >= 15 is 0 Å². The number of nitrogens with zero attached hydrogens (tertiary/aromatic N) is 2. The van der Waals surface area contributed by atoms with Gasteiger partial charge in [-0.05, 0) is 24.3 Å². The van der Waals surface area contributed by atoms with Crippen LogP contribution in [0.3, 0.4) is 0 Å². The summed E-state index contributed by atoms with van der Waals surface area (Å²) in [6, 6.07) is 5.08. The summed E-state index contributed by atoms with van der Waals surface area (Å²) < 4.78 is 41.4. The van der Waals surface area contributed by atoms with Gasteiger partial charge in [-0.25, -0.2) is 4.39 Å². The second-order valence-electron chi connectivity index (χ2n) is 4.05. The summed E-state index contributed by atoms with van der Waals surface area (Å²) in [5.74, 6) is 4.06. The highest BCUT2D eigenvalue weighted by atomic mass is 32.2. The minimum absolute atomic E-state index is 0.0351. The van der Waals surface area contributed by atoms with E-state index in [0.29, 0.717) is 0 Å². The molecule has 1 aromatic carbocycles. The predicted octanol–water partition coefficient (Wildman–Crippen LogP) is 0.704. The number of anilines is 1. The normalized spacial score (nSPS) is 10.8. The van der Waals surface area contributed by atoms with Crippen LogP contribution in [0.5, 0.6) is 0 Å².